The van der Waals surface area contributed by atoms with Gasteiger partial charge in [-0.3, -0.25) is 0 Å². The van der Waals surface area contributed by atoms with Gasteiger partial charge < -0.3 is 9.32 Å². The van der Waals surface area contributed by atoms with Gasteiger partial charge in [0.2, 0.25) is 0 Å². The minimum Gasteiger partial charge on any atom is -0.455 e. The van der Waals surface area contributed by atoms with Crippen molar-refractivity contribution in [3.05, 3.63) is 172 Å². The maximum Gasteiger partial charge on any atom is 0.143 e. The highest BCUT2D eigenvalue weighted by Crippen LogP contribution is 2.55. The molecule has 0 N–H and O–H groups in total. The van der Waals surface area contributed by atoms with Crippen molar-refractivity contribution in [1.29, 1.82) is 0 Å². The van der Waals surface area contributed by atoms with Crippen molar-refractivity contribution in [2.24, 2.45) is 0 Å². The molecule has 288 valence electrons. The van der Waals surface area contributed by atoms with Crippen LogP contribution >= 0.6 is 0 Å². The number of rotatable bonds is 5. The van der Waals surface area contributed by atoms with E-state index in [-0.39, 0.29) is 16.2 Å². The zero-order chi connectivity index (χ0) is 40.5. The minimum absolute atomic E-state index is 0.0726. The lowest BCUT2D eigenvalue weighted by Gasteiger charge is -2.32. The maximum absolute atomic E-state index is 6.98. The number of hydrogen-bond donors (Lipinski definition) is 0. The summed E-state index contributed by atoms with van der Waals surface area (Å²) in [6.45, 7) is 23.2. The Morgan fingerprint density at radius 2 is 1.02 bits per heavy atom. The fraction of sp³-hybridized carbons (Fsp3) is 0.250. The third-order valence-corrected chi connectivity index (χ3v) is 13.5. The lowest BCUT2D eigenvalue weighted by atomic mass is 9.79. The van der Waals surface area contributed by atoms with Crippen LogP contribution in [-0.4, -0.2) is 0 Å². The molecule has 0 saturated carbocycles. The van der Waals surface area contributed by atoms with Gasteiger partial charge in [0.1, 0.15) is 11.2 Å². The second kappa shape index (κ2) is 12.6. The highest BCUT2D eigenvalue weighted by molar-refractivity contribution is 6.12. The molecule has 7 aromatic carbocycles. The SMILES string of the molecule is Cc1cccc(-c2cccc3c2oc2c(C(C)C)cccc23)c1N(c1ccc2c(c1)C(C)(C)c1ccccc1-2)c1ccc2c(c1)C(C)(C)c1cc(C(C)(C)C)ccc1-2. The third-order valence-electron chi connectivity index (χ3n) is 13.5. The van der Waals surface area contributed by atoms with Crippen molar-refractivity contribution in [3.63, 3.8) is 0 Å². The Kier molecular flexibility index (Phi) is 7.90. The molecule has 0 unspecified atom stereocenters. The van der Waals surface area contributed by atoms with Crippen LogP contribution in [0, 0.1) is 6.92 Å². The first-order chi connectivity index (χ1) is 27.7. The molecule has 0 saturated heterocycles. The lowest BCUT2D eigenvalue weighted by Crippen LogP contribution is -2.19. The van der Waals surface area contributed by atoms with Crippen molar-refractivity contribution in [2.75, 3.05) is 4.90 Å². The molecule has 8 aromatic rings. The van der Waals surface area contributed by atoms with Gasteiger partial charge in [-0.15, -0.1) is 0 Å². The molecule has 0 spiro atoms. The number of para-hydroxylation sites is 3. The topological polar surface area (TPSA) is 16.4 Å². The first-order valence-electron chi connectivity index (χ1n) is 21.0. The molecule has 2 aliphatic rings. The molecule has 0 fully saturated rings. The van der Waals surface area contributed by atoms with E-state index >= 15 is 0 Å². The molecular formula is C56H53NO. The van der Waals surface area contributed by atoms with Crippen LogP contribution in [0.2, 0.25) is 0 Å². The van der Waals surface area contributed by atoms with Crippen molar-refractivity contribution in [1.82, 2.24) is 0 Å². The number of furan rings is 1. The number of anilines is 3. The Balaban J connectivity index is 1.23. The number of fused-ring (bicyclic) bond motifs is 9. The van der Waals surface area contributed by atoms with Gasteiger partial charge in [0.25, 0.3) is 0 Å². The summed E-state index contributed by atoms with van der Waals surface area (Å²) < 4.78 is 6.98. The molecule has 10 rings (SSSR count). The van der Waals surface area contributed by atoms with Crippen LogP contribution < -0.4 is 4.90 Å². The van der Waals surface area contributed by atoms with Crippen LogP contribution in [0.5, 0.6) is 0 Å². The zero-order valence-corrected chi connectivity index (χ0v) is 35.6. The van der Waals surface area contributed by atoms with E-state index in [1.54, 1.807) is 0 Å². The first-order valence-corrected chi connectivity index (χ1v) is 21.0. The van der Waals surface area contributed by atoms with E-state index < -0.39 is 0 Å². The number of benzene rings is 7. The Bertz CT molecular complexity index is 2980. The summed E-state index contributed by atoms with van der Waals surface area (Å²) in [5.74, 6) is 0.350. The molecule has 1 aromatic heterocycles. The molecule has 0 atom stereocenters. The standard InChI is InChI=1S/C56H53NO/c1-33(2)38-18-14-21-45-46-22-15-20-44(53(46)58-52(38)45)43-19-13-16-34(3)51(43)57(36-25-28-41-39-17-11-12-23-47(39)55(7,8)49(41)31-36)37-26-29-42-40-27-24-35(54(4,5)6)30-48(40)56(9,10)50(42)32-37/h11-33H,1-10H3. The maximum atomic E-state index is 6.98. The van der Waals surface area contributed by atoms with Crippen LogP contribution in [0.25, 0.3) is 55.3 Å². The normalized spacial score (nSPS) is 14.8. The van der Waals surface area contributed by atoms with Gasteiger partial charge in [0.05, 0.1) is 5.69 Å². The highest BCUT2D eigenvalue weighted by Gasteiger charge is 2.39. The summed E-state index contributed by atoms with van der Waals surface area (Å²) >= 11 is 0. The summed E-state index contributed by atoms with van der Waals surface area (Å²) in [5, 5.41) is 2.32. The average Bonchev–Trinajstić information content (AvgIpc) is 3.78. The van der Waals surface area contributed by atoms with E-state index in [9.17, 15) is 0 Å². The van der Waals surface area contributed by atoms with E-state index in [2.05, 4.69) is 208 Å². The van der Waals surface area contributed by atoms with Crippen LogP contribution in [-0.2, 0) is 16.2 Å². The summed E-state index contributed by atoms with van der Waals surface area (Å²) in [5.41, 5.74) is 22.1. The van der Waals surface area contributed by atoms with E-state index in [1.807, 2.05) is 0 Å². The number of hydrogen-bond acceptors (Lipinski definition) is 2. The van der Waals surface area contributed by atoms with Crippen LogP contribution in [0.1, 0.15) is 107 Å². The summed E-state index contributed by atoms with van der Waals surface area (Å²) in [4.78, 5) is 2.53. The molecular weight excluding hydrogens is 703 g/mol. The Hall–Kier alpha value is -5.86. The molecule has 0 bridgehead atoms. The van der Waals surface area contributed by atoms with Gasteiger partial charge in [-0.05, 0) is 104 Å². The molecule has 58 heavy (non-hydrogen) atoms. The predicted octanol–water partition coefficient (Wildman–Crippen LogP) is 16.1. The highest BCUT2D eigenvalue weighted by atomic mass is 16.3. The monoisotopic (exact) mass is 755 g/mol. The molecule has 2 aliphatic carbocycles. The minimum atomic E-state index is -0.169. The van der Waals surface area contributed by atoms with Crippen LogP contribution in [0.4, 0.5) is 17.1 Å². The Morgan fingerprint density at radius 3 is 1.67 bits per heavy atom. The van der Waals surface area contributed by atoms with Gasteiger partial charge in [-0.25, -0.2) is 0 Å². The van der Waals surface area contributed by atoms with Gasteiger partial charge in [0.15, 0.2) is 0 Å². The van der Waals surface area contributed by atoms with Gasteiger partial charge in [-0.2, -0.15) is 0 Å². The van der Waals surface area contributed by atoms with Gasteiger partial charge >= 0.3 is 0 Å². The molecule has 0 aliphatic heterocycles. The molecule has 1 heterocycles. The Labute approximate surface area is 344 Å². The van der Waals surface area contributed by atoms with E-state index in [0.29, 0.717) is 5.92 Å². The first kappa shape index (κ1) is 36.5. The van der Waals surface area contributed by atoms with E-state index in [0.717, 1.165) is 44.7 Å². The average molecular weight is 756 g/mol. The smallest absolute Gasteiger partial charge is 0.143 e. The lowest BCUT2D eigenvalue weighted by molar-refractivity contribution is 0.584. The van der Waals surface area contributed by atoms with E-state index in [4.69, 9.17) is 4.42 Å². The largest absolute Gasteiger partial charge is 0.455 e. The molecule has 2 heteroatoms. The number of nitrogens with zero attached hydrogens (tertiary/aromatic N) is 1. The van der Waals surface area contributed by atoms with Gasteiger partial charge in [0, 0.05) is 44.1 Å². The zero-order valence-electron chi connectivity index (χ0n) is 35.6. The van der Waals surface area contributed by atoms with Gasteiger partial charge in [-0.1, -0.05) is 172 Å². The molecule has 0 radical (unpaired) electrons. The van der Waals surface area contributed by atoms with Crippen molar-refractivity contribution in [2.45, 2.75) is 91.4 Å². The third kappa shape index (κ3) is 5.23. The fourth-order valence-corrected chi connectivity index (χ4v) is 10.3. The molecule has 0 amide bonds. The summed E-state index contributed by atoms with van der Waals surface area (Å²) in [6.07, 6.45) is 0. The van der Waals surface area contributed by atoms with Crippen LogP contribution in [0.3, 0.4) is 0 Å². The Morgan fingerprint density at radius 1 is 0.500 bits per heavy atom. The van der Waals surface area contributed by atoms with Crippen molar-refractivity contribution >= 4 is 39.0 Å². The fourth-order valence-electron chi connectivity index (χ4n) is 10.3. The van der Waals surface area contributed by atoms with E-state index in [1.165, 1.54) is 66.6 Å². The number of aryl methyl sites for hydroxylation is 1. The summed E-state index contributed by atoms with van der Waals surface area (Å²) in [7, 11) is 0. The van der Waals surface area contributed by atoms with Crippen LogP contribution in [0.15, 0.2) is 138 Å². The van der Waals surface area contributed by atoms with Crippen molar-refractivity contribution < 1.29 is 4.42 Å². The predicted molar refractivity (Wildman–Crippen MR) is 246 cm³/mol. The second-order valence-electron chi connectivity index (χ2n) is 19.2. The molecule has 2 nitrogen and oxygen atoms in total. The quantitative estimate of drug-likeness (QED) is 0.174. The van der Waals surface area contributed by atoms with Crippen molar-refractivity contribution in [3.8, 4) is 33.4 Å². The second-order valence-corrected chi connectivity index (χ2v) is 19.2. The summed E-state index contributed by atoms with van der Waals surface area (Å²) in [6, 6.07) is 50.4.